The summed E-state index contributed by atoms with van der Waals surface area (Å²) in [4.78, 5) is 22.1. The van der Waals surface area contributed by atoms with Gasteiger partial charge in [-0.05, 0) is 61.2 Å². The van der Waals surface area contributed by atoms with Crippen LogP contribution in [-0.4, -0.2) is 52.6 Å². The number of hydrogen-bond acceptors (Lipinski definition) is 6. The normalized spacial score (nSPS) is 18.9. The van der Waals surface area contributed by atoms with Crippen molar-refractivity contribution in [2.45, 2.75) is 32.4 Å². The lowest BCUT2D eigenvalue weighted by Crippen LogP contribution is -2.46. The third-order valence-electron chi connectivity index (χ3n) is 6.47. The second-order valence-corrected chi connectivity index (χ2v) is 8.59. The first kappa shape index (κ1) is 20.7. The minimum Gasteiger partial charge on any atom is -0.497 e. The molecule has 32 heavy (non-hydrogen) atoms. The van der Waals surface area contributed by atoms with Gasteiger partial charge in [0.15, 0.2) is 0 Å². The van der Waals surface area contributed by atoms with Gasteiger partial charge in [-0.2, -0.15) is 4.98 Å². The number of methoxy groups -OCH3 is 1. The highest BCUT2D eigenvalue weighted by atomic mass is 16.5. The molecule has 7 heteroatoms. The quantitative estimate of drug-likeness (QED) is 0.614. The molecule has 1 fully saturated rings. The fourth-order valence-electron chi connectivity index (χ4n) is 4.71. The van der Waals surface area contributed by atoms with Crippen molar-refractivity contribution in [3.63, 3.8) is 0 Å². The average Bonchev–Trinajstić information content (AvgIpc) is 3.32. The van der Waals surface area contributed by atoms with Crippen molar-refractivity contribution >= 4 is 5.91 Å². The predicted octanol–water partition coefficient (Wildman–Crippen LogP) is 3.54. The lowest BCUT2D eigenvalue weighted by molar-refractivity contribution is -0.138. The molecule has 3 aromatic rings. The van der Waals surface area contributed by atoms with Gasteiger partial charge >= 0.3 is 0 Å². The van der Waals surface area contributed by atoms with E-state index in [9.17, 15) is 4.79 Å². The summed E-state index contributed by atoms with van der Waals surface area (Å²) in [5.74, 6) is 2.24. The third kappa shape index (κ3) is 4.39. The summed E-state index contributed by atoms with van der Waals surface area (Å²) in [5.41, 5.74) is 3.53. The molecule has 0 saturated carbocycles. The molecular formula is C25H28N4O3. The number of aromatic nitrogens is 2. The molecule has 0 spiro atoms. The highest BCUT2D eigenvalue weighted by Gasteiger charge is 2.31. The number of ether oxygens (including phenoxy) is 1. The Morgan fingerprint density at radius 2 is 1.94 bits per heavy atom. The van der Waals surface area contributed by atoms with Gasteiger partial charge in [0.2, 0.25) is 17.6 Å². The van der Waals surface area contributed by atoms with Gasteiger partial charge in [-0.1, -0.05) is 29.4 Å². The molecule has 2 aliphatic heterocycles. The fraction of sp³-hybridized carbons (Fsp3) is 0.400. The number of piperidine rings is 1. The molecule has 1 atom stereocenters. The van der Waals surface area contributed by atoms with Crippen LogP contribution in [0.15, 0.2) is 53.1 Å². The van der Waals surface area contributed by atoms with E-state index in [1.807, 2.05) is 29.2 Å². The van der Waals surface area contributed by atoms with Crippen molar-refractivity contribution < 1.29 is 14.1 Å². The minimum atomic E-state index is 0.0259. The van der Waals surface area contributed by atoms with Crippen molar-refractivity contribution in [1.82, 2.24) is 19.9 Å². The summed E-state index contributed by atoms with van der Waals surface area (Å²) < 4.78 is 10.7. The first-order valence-electron chi connectivity index (χ1n) is 11.2. The van der Waals surface area contributed by atoms with Crippen LogP contribution in [0, 0.1) is 5.92 Å². The Morgan fingerprint density at radius 3 is 2.75 bits per heavy atom. The summed E-state index contributed by atoms with van der Waals surface area (Å²) in [5, 5.41) is 4.13. The number of likely N-dealkylation sites (tertiary alicyclic amines) is 1. The molecule has 2 aliphatic rings. The van der Waals surface area contributed by atoms with Gasteiger partial charge in [-0.25, -0.2) is 0 Å². The number of rotatable bonds is 5. The van der Waals surface area contributed by atoms with E-state index in [2.05, 4.69) is 39.3 Å². The van der Waals surface area contributed by atoms with Crippen LogP contribution in [0.5, 0.6) is 5.75 Å². The van der Waals surface area contributed by atoms with Crippen molar-refractivity contribution in [3.05, 3.63) is 65.5 Å². The minimum absolute atomic E-state index is 0.0259. The standard InChI is InChI=1S/C25H28N4O3/c1-31-22-10-8-19(9-11-22)24-26-23(32-27-24)17-28-13-4-7-21(15-28)25(30)29-14-12-18-5-2-3-6-20(18)16-29/h2-3,5-6,8-11,21H,4,7,12-17H2,1H3. The van der Waals surface area contributed by atoms with Gasteiger partial charge in [0.25, 0.3) is 0 Å². The topological polar surface area (TPSA) is 71.7 Å². The van der Waals surface area contributed by atoms with Gasteiger partial charge < -0.3 is 14.2 Å². The molecule has 1 amide bonds. The summed E-state index contributed by atoms with van der Waals surface area (Å²) in [7, 11) is 1.64. The van der Waals surface area contributed by atoms with E-state index in [1.165, 1.54) is 11.1 Å². The fourth-order valence-corrected chi connectivity index (χ4v) is 4.71. The molecule has 1 saturated heterocycles. The number of benzene rings is 2. The molecule has 1 aromatic heterocycles. The van der Waals surface area contributed by atoms with E-state index in [1.54, 1.807) is 7.11 Å². The number of amides is 1. The lowest BCUT2D eigenvalue weighted by atomic mass is 9.94. The van der Waals surface area contributed by atoms with Gasteiger partial charge in [0.1, 0.15) is 5.75 Å². The molecule has 7 nitrogen and oxygen atoms in total. The van der Waals surface area contributed by atoms with Crippen LogP contribution in [0.1, 0.15) is 29.9 Å². The van der Waals surface area contributed by atoms with Crippen LogP contribution in [0.3, 0.4) is 0 Å². The van der Waals surface area contributed by atoms with Gasteiger partial charge in [-0.15, -0.1) is 0 Å². The SMILES string of the molecule is COc1ccc(-c2noc(CN3CCCC(C(=O)N4CCc5ccccc5C4)C3)n2)cc1. The average molecular weight is 433 g/mol. The highest BCUT2D eigenvalue weighted by Crippen LogP contribution is 2.25. The van der Waals surface area contributed by atoms with E-state index < -0.39 is 0 Å². The summed E-state index contributed by atoms with van der Waals surface area (Å²) in [6.45, 7) is 3.77. The Kier molecular flexibility index (Phi) is 5.90. The van der Waals surface area contributed by atoms with E-state index in [-0.39, 0.29) is 11.8 Å². The summed E-state index contributed by atoms with van der Waals surface area (Å²) in [6.07, 6.45) is 2.88. The number of carbonyl (C=O) groups excluding carboxylic acids is 1. The maximum absolute atomic E-state index is 13.2. The second-order valence-electron chi connectivity index (χ2n) is 8.59. The Morgan fingerprint density at radius 1 is 1.12 bits per heavy atom. The molecule has 1 unspecified atom stereocenters. The third-order valence-corrected chi connectivity index (χ3v) is 6.47. The van der Waals surface area contributed by atoms with Crippen molar-refractivity contribution in [2.75, 3.05) is 26.7 Å². The van der Waals surface area contributed by atoms with Crippen molar-refractivity contribution in [1.29, 1.82) is 0 Å². The maximum Gasteiger partial charge on any atom is 0.241 e. The first-order valence-corrected chi connectivity index (χ1v) is 11.2. The van der Waals surface area contributed by atoms with E-state index in [0.717, 1.165) is 56.8 Å². The van der Waals surface area contributed by atoms with Gasteiger partial charge in [0, 0.05) is 25.2 Å². The molecule has 0 bridgehead atoms. The second kappa shape index (κ2) is 9.12. The van der Waals surface area contributed by atoms with Crippen molar-refractivity contribution in [3.8, 4) is 17.1 Å². The Labute approximate surface area is 188 Å². The predicted molar refractivity (Wildman–Crippen MR) is 120 cm³/mol. The van der Waals surface area contributed by atoms with Crippen molar-refractivity contribution in [2.24, 2.45) is 5.92 Å². The Hall–Kier alpha value is -3.19. The van der Waals surface area contributed by atoms with Crippen LogP contribution in [0.25, 0.3) is 11.4 Å². The highest BCUT2D eigenvalue weighted by molar-refractivity contribution is 5.79. The van der Waals surface area contributed by atoms with E-state index in [4.69, 9.17) is 9.26 Å². The number of carbonyl (C=O) groups is 1. The van der Waals surface area contributed by atoms with E-state index in [0.29, 0.717) is 18.3 Å². The zero-order chi connectivity index (χ0) is 21.9. The largest absolute Gasteiger partial charge is 0.497 e. The van der Waals surface area contributed by atoms with Crippen LogP contribution in [0.4, 0.5) is 0 Å². The van der Waals surface area contributed by atoms with Crippen LogP contribution in [0.2, 0.25) is 0 Å². The smallest absolute Gasteiger partial charge is 0.241 e. The number of fused-ring (bicyclic) bond motifs is 1. The molecule has 166 valence electrons. The zero-order valence-electron chi connectivity index (χ0n) is 18.4. The Balaban J connectivity index is 1.20. The molecule has 5 rings (SSSR count). The molecule has 0 N–H and O–H groups in total. The maximum atomic E-state index is 13.2. The van der Waals surface area contributed by atoms with Crippen LogP contribution in [-0.2, 0) is 24.3 Å². The zero-order valence-corrected chi connectivity index (χ0v) is 18.4. The first-order chi connectivity index (χ1) is 15.7. The summed E-state index contributed by atoms with van der Waals surface area (Å²) >= 11 is 0. The van der Waals surface area contributed by atoms with E-state index >= 15 is 0 Å². The van der Waals surface area contributed by atoms with Gasteiger partial charge in [-0.3, -0.25) is 9.69 Å². The molecule has 2 aromatic carbocycles. The van der Waals surface area contributed by atoms with Crippen LogP contribution < -0.4 is 4.74 Å². The monoisotopic (exact) mass is 432 g/mol. The molecular weight excluding hydrogens is 404 g/mol. The molecule has 0 radical (unpaired) electrons. The molecule has 0 aliphatic carbocycles. The Bertz CT molecular complexity index is 1080. The van der Waals surface area contributed by atoms with Crippen LogP contribution >= 0.6 is 0 Å². The summed E-state index contributed by atoms with van der Waals surface area (Å²) in [6, 6.07) is 16.0. The lowest BCUT2D eigenvalue weighted by Gasteiger charge is -2.36. The molecule has 3 heterocycles. The van der Waals surface area contributed by atoms with Gasteiger partial charge in [0.05, 0.1) is 19.6 Å². The number of hydrogen-bond donors (Lipinski definition) is 0. The number of nitrogens with zero attached hydrogens (tertiary/aromatic N) is 4.